The topological polar surface area (TPSA) is 47.3 Å². The highest BCUT2D eigenvalue weighted by molar-refractivity contribution is 7.15. The average Bonchev–Trinajstić information content (AvgIpc) is 3.19. The van der Waals surface area contributed by atoms with Gasteiger partial charge in [0.2, 0.25) is 4.96 Å². The van der Waals surface area contributed by atoms with Crippen LogP contribution in [0.1, 0.15) is 10.4 Å². The minimum Gasteiger partial charge on any atom is -0.266 e. The van der Waals surface area contributed by atoms with Gasteiger partial charge < -0.3 is 0 Å². The molecular weight excluding hydrogens is 350 g/mol. The van der Waals surface area contributed by atoms with Gasteiger partial charge in [0, 0.05) is 10.4 Å². The number of benzene rings is 1. The Kier molecular flexibility index (Phi) is 3.52. The molecule has 0 unspecified atom stereocenters. The number of aromatic nitrogens is 3. The van der Waals surface area contributed by atoms with Crippen molar-refractivity contribution in [3.05, 3.63) is 66.1 Å². The first kappa shape index (κ1) is 14.6. The maximum atomic E-state index is 12.5. The molecule has 0 saturated heterocycles. The molecule has 4 aromatic rings. The van der Waals surface area contributed by atoms with Crippen molar-refractivity contribution in [1.82, 2.24) is 14.6 Å². The fraction of sp³-hybridized carbons (Fsp3) is 0.0625. The van der Waals surface area contributed by atoms with Crippen molar-refractivity contribution < 1.29 is 0 Å². The van der Waals surface area contributed by atoms with E-state index >= 15 is 0 Å². The Balaban J connectivity index is 1.88. The third-order valence-corrected chi connectivity index (χ3v) is 5.72. The molecule has 0 amide bonds. The Morgan fingerprint density at radius 3 is 2.78 bits per heavy atom. The summed E-state index contributed by atoms with van der Waals surface area (Å²) in [5.74, 6) is 0.470. The lowest BCUT2D eigenvalue weighted by atomic mass is 10.2. The molecule has 0 bridgehead atoms. The highest BCUT2D eigenvalue weighted by Gasteiger charge is 2.14. The van der Waals surface area contributed by atoms with E-state index < -0.39 is 0 Å². The van der Waals surface area contributed by atoms with Crippen LogP contribution in [0.15, 0.2) is 40.5 Å². The Bertz CT molecular complexity index is 1130. The lowest BCUT2D eigenvalue weighted by molar-refractivity contribution is 0.937. The smallest absolute Gasteiger partial charge is 0.266 e. The number of nitrogens with zero attached hydrogens (tertiary/aromatic N) is 3. The fourth-order valence-electron chi connectivity index (χ4n) is 2.24. The van der Waals surface area contributed by atoms with Crippen molar-refractivity contribution in [2.75, 3.05) is 0 Å². The molecule has 0 aliphatic heterocycles. The minimum atomic E-state index is -0.149. The maximum absolute atomic E-state index is 12.5. The van der Waals surface area contributed by atoms with E-state index in [-0.39, 0.29) is 5.56 Å². The maximum Gasteiger partial charge on any atom is 0.291 e. The molecule has 0 aliphatic rings. The number of aryl methyl sites for hydroxylation is 1. The van der Waals surface area contributed by atoms with Crippen LogP contribution >= 0.6 is 34.3 Å². The van der Waals surface area contributed by atoms with Crippen molar-refractivity contribution in [2.24, 2.45) is 0 Å². The Labute approximate surface area is 144 Å². The van der Waals surface area contributed by atoms with E-state index in [4.69, 9.17) is 11.6 Å². The summed E-state index contributed by atoms with van der Waals surface area (Å²) < 4.78 is 1.98. The number of fused-ring (bicyclic) bond motifs is 1. The molecule has 0 fully saturated rings. The predicted molar refractivity (Wildman–Crippen MR) is 95.4 cm³/mol. The first-order valence-corrected chi connectivity index (χ1v) is 8.91. The van der Waals surface area contributed by atoms with E-state index in [9.17, 15) is 4.79 Å². The van der Waals surface area contributed by atoms with Gasteiger partial charge in [0.15, 0.2) is 5.82 Å². The SMILES string of the molecule is Cc1ccsc1/C=c1\sc2nc(-c3ccccc3Cl)nn2c1=O. The molecule has 0 aliphatic carbocycles. The summed E-state index contributed by atoms with van der Waals surface area (Å²) in [7, 11) is 0. The summed E-state index contributed by atoms with van der Waals surface area (Å²) >= 11 is 9.12. The molecule has 0 spiro atoms. The number of halogens is 1. The molecule has 0 radical (unpaired) electrons. The standard InChI is InChI=1S/C16H10ClN3OS2/c1-9-6-7-22-12(9)8-13-15(21)20-16(23-13)18-14(19-20)10-4-2-3-5-11(10)17/h2-8H,1H3/b13-8-. The van der Waals surface area contributed by atoms with Gasteiger partial charge >= 0.3 is 0 Å². The molecule has 3 heterocycles. The fourth-order valence-corrected chi connectivity index (χ4v) is 4.28. The van der Waals surface area contributed by atoms with E-state index in [1.54, 1.807) is 17.4 Å². The molecule has 4 rings (SSSR count). The zero-order valence-corrected chi connectivity index (χ0v) is 14.4. The largest absolute Gasteiger partial charge is 0.291 e. The Morgan fingerprint density at radius 2 is 2.09 bits per heavy atom. The third-order valence-electron chi connectivity index (χ3n) is 3.46. The van der Waals surface area contributed by atoms with Crippen LogP contribution in [-0.2, 0) is 0 Å². The van der Waals surface area contributed by atoms with Crippen molar-refractivity contribution in [3.63, 3.8) is 0 Å². The number of thiazole rings is 1. The second-order valence-corrected chi connectivity index (χ2v) is 7.36. The summed E-state index contributed by atoms with van der Waals surface area (Å²) in [5, 5.41) is 6.90. The zero-order chi connectivity index (χ0) is 16.0. The molecule has 23 heavy (non-hydrogen) atoms. The molecule has 1 aromatic carbocycles. The first-order valence-electron chi connectivity index (χ1n) is 6.84. The van der Waals surface area contributed by atoms with Gasteiger partial charge in [-0.2, -0.15) is 9.50 Å². The van der Waals surface area contributed by atoms with Gasteiger partial charge in [-0.3, -0.25) is 4.79 Å². The monoisotopic (exact) mass is 359 g/mol. The van der Waals surface area contributed by atoms with E-state index in [2.05, 4.69) is 10.1 Å². The van der Waals surface area contributed by atoms with Gasteiger partial charge in [-0.25, -0.2) is 0 Å². The predicted octanol–water partition coefficient (Wildman–Crippen LogP) is 3.39. The van der Waals surface area contributed by atoms with Gasteiger partial charge in [-0.05, 0) is 42.1 Å². The summed E-state index contributed by atoms with van der Waals surface area (Å²) in [6, 6.07) is 9.37. The van der Waals surface area contributed by atoms with Crippen LogP contribution in [0.2, 0.25) is 5.02 Å². The Morgan fingerprint density at radius 1 is 1.26 bits per heavy atom. The van der Waals surface area contributed by atoms with Gasteiger partial charge in [0.05, 0.1) is 9.55 Å². The van der Waals surface area contributed by atoms with E-state index in [1.165, 1.54) is 15.9 Å². The van der Waals surface area contributed by atoms with Crippen LogP contribution < -0.4 is 10.1 Å². The zero-order valence-electron chi connectivity index (χ0n) is 12.0. The van der Waals surface area contributed by atoms with Gasteiger partial charge in [-0.1, -0.05) is 35.1 Å². The van der Waals surface area contributed by atoms with Crippen LogP contribution in [0.4, 0.5) is 0 Å². The molecule has 0 atom stereocenters. The van der Waals surface area contributed by atoms with Crippen molar-refractivity contribution >= 4 is 45.3 Å². The van der Waals surface area contributed by atoms with Crippen molar-refractivity contribution in [3.8, 4) is 11.4 Å². The van der Waals surface area contributed by atoms with Crippen LogP contribution in [0, 0.1) is 6.92 Å². The average molecular weight is 360 g/mol. The molecule has 7 heteroatoms. The second-order valence-electron chi connectivity index (χ2n) is 4.99. The van der Waals surface area contributed by atoms with Crippen molar-refractivity contribution in [1.29, 1.82) is 0 Å². The number of rotatable bonds is 2. The van der Waals surface area contributed by atoms with Gasteiger partial charge in [-0.15, -0.1) is 16.4 Å². The number of hydrogen-bond acceptors (Lipinski definition) is 5. The van der Waals surface area contributed by atoms with Gasteiger partial charge in [0.25, 0.3) is 5.56 Å². The number of hydrogen-bond donors (Lipinski definition) is 0. The number of thiophene rings is 1. The summed E-state index contributed by atoms with van der Waals surface area (Å²) in [5.41, 5.74) is 1.73. The van der Waals surface area contributed by atoms with Crippen LogP contribution in [-0.4, -0.2) is 14.6 Å². The van der Waals surface area contributed by atoms with Crippen LogP contribution in [0.3, 0.4) is 0 Å². The quantitative estimate of drug-likeness (QED) is 0.551. The highest BCUT2D eigenvalue weighted by Crippen LogP contribution is 2.25. The van der Waals surface area contributed by atoms with E-state index in [1.807, 2.05) is 42.6 Å². The van der Waals surface area contributed by atoms with Gasteiger partial charge in [0.1, 0.15) is 0 Å². The Hall–Kier alpha value is -2.02. The summed E-state index contributed by atoms with van der Waals surface area (Å²) in [6.45, 7) is 2.03. The third kappa shape index (κ3) is 2.49. The molecule has 4 nitrogen and oxygen atoms in total. The first-order chi connectivity index (χ1) is 11.1. The summed E-state index contributed by atoms with van der Waals surface area (Å²) in [4.78, 5) is 18.6. The lowest BCUT2D eigenvalue weighted by Gasteiger charge is -1.96. The van der Waals surface area contributed by atoms with Crippen molar-refractivity contribution in [2.45, 2.75) is 6.92 Å². The normalized spacial score (nSPS) is 12.3. The highest BCUT2D eigenvalue weighted by atomic mass is 35.5. The molecular formula is C16H10ClN3OS2. The van der Waals surface area contributed by atoms with E-state index in [0.717, 1.165) is 16.0 Å². The van der Waals surface area contributed by atoms with Crippen LogP contribution in [0.5, 0.6) is 0 Å². The molecule has 0 N–H and O–H groups in total. The second kappa shape index (κ2) is 5.56. The summed E-state index contributed by atoms with van der Waals surface area (Å²) in [6.07, 6.45) is 1.90. The minimum absolute atomic E-state index is 0.149. The lowest BCUT2D eigenvalue weighted by Crippen LogP contribution is -2.23. The van der Waals surface area contributed by atoms with Crippen LogP contribution in [0.25, 0.3) is 22.4 Å². The molecule has 114 valence electrons. The molecule has 3 aromatic heterocycles. The van der Waals surface area contributed by atoms with E-state index in [0.29, 0.717) is 20.3 Å². The molecule has 0 saturated carbocycles.